The first-order valence-corrected chi connectivity index (χ1v) is 32.2. The van der Waals surface area contributed by atoms with E-state index in [0.29, 0.717) is 43.5 Å². The van der Waals surface area contributed by atoms with Crippen LogP contribution in [0.3, 0.4) is 0 Å². The van der Waals surface area contributed by atoms with E-state index in [1.54, 1.807) is 24.3 Å². The fraction of sp³-hybridized carbons (Fsp3) is 0.707. The van der Waals surface area contributed by atoms with Gasteiger partial charge in [0.05, 0.1) is 44.7 Å². The lowest BCUT2D eigenvalue weighted by atomic mass is 9.97. The van der Waals surface area contributed by atoms with Crippen LogP contribution in [0.25, 0.3) is 0 Å². The van der Waals surface area contributed by atoms with E-state index in [-0.39, 0.29) is 146 Å². The number of ether oxygens (including phenoxy) is 4. The zero-order valence-electron chi connectivity index (χ0n) is 51.2. The first kappa shape index (κ1) is 80.7. The number of aliphatic carboxylic acids is 2. The third kappa shape index (κ3) is 43.9. The lowest BCUT2D eigenvalue weighted by Gasteiger charge is -2.16. The largest absolute Gasteiger partial charge is 0.481 e. The second kappa shape index (κ2) is 50.5. The molecular formula is C58H96IN11O18S. The minimum absolute atomic E-state index is 0. The van der Waals surface area contributed by atoms with Gasteiger partial charge in [-0.1, -0.05) is 75.8 Å². The third-order valence-corrected chi connectivity index (χ3v) is 15.1. The molecule has 0 saturated carbocycles. The Balaban J connectivity index is 0.0000396. The van der Waals surface area contributed by atoms with E-state index in [9.17, 15) is 66.6 Å². The standard InChI is InChI=1S/C58H95N11O18S.HI/c59-45-26-23-43(24-27-45)56(77)62-31-15-14-19-48(55(60)76)63-54(75)42-87-38-35-84-33-16-18-46(70)28-29-49(58(80)81)64-52(73)30-25-44(57(78)79)40-47(71)41-86-37-36-85-34-32-61-51(72)22-17-39-88(82,83)67-53(74)21-13-11-9-7-5-3-1-2-4-6-8-10-12-20-50-65-68-69-66-50;/h23-24,26-27,44,48-49H,1-22,25,28-42,59H2,(H2,60,76)(H,61,72)(H,62,77)(H,63,75)(H,64,73)(H,67,74)(H,78,79)(H,80,81)(H,65,66,68,69);1H/t44-,48+,49?;/m1./s1. The molecule has 0 saturated heterocycles. The number of aromatic nitrogens is 4. The van der Waals surface area contributed by atoms with Gasteiger partial charge in [0.25, 0.3) is 5.91 Å². The Hall–Kier alpha value is -6.29. The number of rotatable bonds is 57. The summed E-state index contributed by atoms with van der Waals surface area (Å²) in [5, 5.41) is 43.5. The number of sulfonamides is 1. The molecule has 31 heteroatoms. The van der Waals surface area contributed by atoms with Crippen LogP contribution in [0, 0.1) is 5.92 Å². The van der Waals surface area contributed by atoms with Crippen LogP contribution in [0.2, 0.25) is 0 Å². The molecule has 89 heavy (non-hydrogen) atoms. The molecule has 1 aromatic carbocycles. The summed E-state index contributed by atoms with van der Waals surface area (Å²) < 4.78 is 48.2. The van der Waals surface area contributed by atoms with Gasteiger partial charge >= 0.3 is 11.9 Å². The first-order chi connectivity index (χ1) is 42.2. The molecule has 12 N–H and O–H groups in total. The zero-order chi connectivity index (χ0) is 64.6. The number of aromatic amines is 1. The van der Waals surface area contributed by atoms with Gasteiger partial charge in [0.1, 0.15) is 31.1 Å². The van der Waals surface area contributed by atoms with Crippen LogP contribution in [-0.4, -0.2) is 182 Å². The summed E-state index contributed by atoms with van der Waals surface area (Å²) in [6.07, 6.45) is 15.2. The van der Waals surface area contributed by atoms with Crippen molar-refractivity contribution < 1.29 is 85.5 Å². The Morgan fingerprint density at radius 1 is 0.539 bits per heavy atom. The number of nitrogens with one attached hydrogen (secondary N) is 6. The topological polar surface area (TPSA) is 449 Å². The molecule has 6 amide bonds. The second-order valence-corrected chi connectivity index (χ2v) is 23.2. The molecule has 504 valence electrons. The maximum Gasteiger partial charge on any atom is 0.326 e. The zero-order valence-corrected chi connectivity index (χ0v) is 54.3. The van der Waals surface area contributed by atoms with E-state index in [0.717, 1.165) is 44.3 Å². The fourth-order valence-corrected chi connectivity index (χ4v) is 9.93. The molecule has 3 atom stereocenters. The van der Waals surface area contributed by atoms with Crippen LogP contribution >= 0.6 is 24.0 Å². The molecule has 1 heterocycles. The number of Topliss-reactive ketones (excluding diaryl/α,β-unsaturated/α-hetero) is 2. The summed E-state index contributed by atoms with van der Waals surface area (Å²) in [7, 11) is -3.88. The second-order valence-electron chi connectivity index (χ2n) is 21.4. The number of nitrogens with two attached hydrogens (primary N) is 2. The van der Waals surface area contributed by atoms with E-state index >= 15 is 0 Å². The van der Waals surface area contributed by atoms with Gasteiger partial charge in [0.2, 0.25) is 39.6 Å². The number of carbonyl (C=O) groups is 10. The number of nitrogen functional groups attached to an aromatic ring is 1. The molecule has 29 nitrogen and oxygen atoms in total. The van der Waals surface area contributed by atoms with Crippen molar-refractivity contribution in [2.75, 3.05) is 77.4 Å². The van der Waals surface area contributed by atoms with Gasteiger partial charge in [-0.05, 0) is 82.1 Å². The number of amides is 6. The molecule has 0 spiro atoms. The number of tetrazole rings is 1. The van der Waals surface area contributed by atoms with E-state index < -0.39 is 94.7 Å². The van der Waals surface area contributed by atoms with Crippen molar-refractivity contribution in [1.82, 2.24) is 46.6 Å². The number of nitrogens with zero attached hydrogens (tertiary/aromatic N) is 3. The smallest absolute Gasteiger partial charge is 0.326 e. The van der Waals surface area contributed by atoms with E-state index in [4.69, 9.17) is 30.4 Å². The number of carboxylic acids is 2. The highest BCUT2D eigenvalue weighted by atomic mass is 127. The van der Waals surface area contributed by atoms with Crippen molar-refractivity contribution in [3.63, 3.8) is 0 Å². The average Bonchev–Trinajstić information content (AvgIpc) is 4.25. The lowest BCUT2D eigenvalue weighted by molar-refractivity contribution is -0.145. The Bertz CT molecular complexity index is 2500. The van der Waals surface area contributed by atoms with Gasteiger partial charge in [-0.15, -0.1) is 34.2 Å². The predicted molar refractivity (Wildman–Crippen MR) is 337 cm³/mol. The van der Waals surface area contributed by atoms with Crippen LogP contribution in [0.5, 0.6) is 0 Å². The average molecular weight is 1390 g/mol. The third-order valence-electron chi connectivity index (χ3n) is 13.8. The van der Waals surface area contributed by atoms with Crippen LogP contribution in [0.1, 0.15) is 183 Å². The van der Waals surface area contributed by atoms with Crippen molar-refractivity contribution >= 4 is 98.6 Å². The van der Waals surface area contributed by atoms with E-state index in [1.165, 1.54) is 44.9 Å². The van der Waals surface area contributed by atoms with Gasteiger partial charge in [0, 0.05) is 75.9 Å². The Kier molecular flexibility index (Phi) is 45.8. The highest BCUT2D eigenvalue weighted by molar-refractivity contribution is 14.0. The Morgan fingerprint density at radius 2 is 1.13 bits per heavy atom. The quantitative estimate of drug-likeness (QED) is 0.0257. The van der Waals surface area contributed by atoms with Crippen molar-refractivity contribution in [3.8, 4) is 0 Å². The number of hydrogen-bond acceptors (Lipinski definition) is 20. The van der Waals surface area contributed by atoms with Crippen LogP contribution in [0.15, 0.2) is 24.3 Å². The number of carbonyl (C=O) groups excluding carboxylic acids is 8. The van der Waals surface area contributed by atoms with Crippen LogP contribution < -0.4 is 37.5 Å². The molecule has 0 fully saturated rings. The lowest BCUT2D eigenvalue weighted by Crippen LogP contribution is -2.45. The number of H-pyrrole nitrogens is 1. The van der Waals surface area contributed by atoms with Gasteiger partial charge in [-0.3, -0.25) is 47.9 Å². The minimum Gasteiger partial charge on any atom is -0.481 e. The Labute approximate surface area is 538 Å². The summed E-state index contributed by atoms with van der Waals surface area (Å²) in [6, 6.07) is 4.10. The fourth-order valence-electron chi connectivity index (χ4n) is 8.85. The van der Waals surface area contributed by atoms with E-state index in [2.05, 4.69) is 46.6 Å². The summed E-state index contributed by atoms with van der Waals surface area (Å²) in [5.74, 6) is -7.74. The minimum atomic E-state index is -3.88. The first-order valence-electron chi connectivity index (χ1n) is 30.6. The highest BCUT2D eigenvalue weighted by Crippen LogP contribution is 2.16. The molecule has 0 radical (unpaired) electrons. The monoisotopic (exact) mass is 1390 g/mol. The number of unbranched alkanes of at least 4 members (excludes halogenated alkanes) is 13. The molecule has 2 rings (SSSR count). The maximum absolute atomic E-state index is 12.6. The van der Waals surface area contributed by atoms with Crippen molar-refractivity contribution in [2.45, 2.75) is 185 Å². The van der Waals surface area contributed by atoms with Gasteiger partial charge in [0.15, 0.2) is 11.6 Å². The van der Waals surface area contributed by atoms with Crippen LogP contribution in [-0.2, 0) is 78.5 Å². The number of hydrogen-bond donors (Lipinski definition) is 10. The van der Waals surface area contributed by atoms with Gasteiger partial charge in [-0.2, -0.15) is 5.21 Å². The van der Waals surface area contributed by atoms with Crippen LogP contribution in [0.4, 0.5) is 5.69 Å². The van der Waals surface area contributed by atoms with Crippen molar-refractivity contribution in [2.24, 2.45) is 11.7 Å². The molecule has 0 bridgehead atoms. The van der Waals surface area contributed by atoms with Gasteiger partial charge < -0.3 is 61.9 Å². The number of aryl methyl sites for hydroxylation is 1. The number of ketones is 2. The summed E-state index contributed by atoms with van der Waals surface area (Å²) in [6.45, 7) is 0.0245. The number of primary amides is 1. The molecule has 0 aliphatic heterocycles. The summed E-state index contributed by atoms with van der Waals surface area (Å²) in [4.78, 5) is 122. The molecule has 1 unspecified atom stereocenters. The summed E-state index contributed by atoms with van der Waals surface area (Å²) in [5.41, 5.74) is 12.1. The number of benzene rings is 1. The van der Waals surface area contributed by atoms with Crippen molar-refractivity contribution in [1.29, 1.82) is 0 Å². The Morgan fingerprint density at radius 3 is 1.75 bits per heavy atom. The molecular weight excluding hydrogens is 1300 g/mol. The SMILES string of the molecule is I.NC(=O)[C@H](CCCCNC(=O)c1ccc(N)cc1)NC(=O)COCCOCCCC(=O)CCC(NC(=O)CC[C@H](CC(=O)COCCOCCNC(=O)CCCS(=O)(=O)NC(=O)CCCCCCCCCCCCCCCc1nn[nH]n1)C(=O)O)C(=O)O. The molecule has 2 aromatic rings. The molecule has 0 aliphatic carbocycles. The number of halogens is 1. The van der Waals surface area contributed by atoms with E-state index in [1.807, 2.05) is 0 Å². The maximum atomic E-state index is 12.6. The number of anilines is 1. The highest BCUT2D eigenvalue weighted by Gasteiger charge is 2.26. The normalized spacial score (nSPS) is 12.2. The number of carboxylic acid groups (broad SMARTS) is 2. The molecule has 1 aromatic heterocycles. The van der Waals surface area contributed by atoms with Gasteiger partial charge in [-0.25, -0.2) is 13.2 Å². The predicted octanol–water partition coefficient (Wildman–Crippen LogP) is 3.52. The summed E-state index contributed by atoms with van der Waals surface area (Å²) >= 11 is 0. The van der Waals surface area contributed by atoms with Crippen molar-refractivity contribution in [3.05, 3.63) is 35.7 Å². The molecule has 0 aliphatic rings.